The lowest BCUT2D eigenvalue weighted by atomic mass is 9.80. The highest BCUT2D eigenvalue weighted by molar-refractivity contribution is 4.88. The molecular formula is C15H30N2. The molecule has 2 saturated carbocycles. The molecule has 2 aliphatic rings. The maximum Gasteiger partial charge on any atom is 0.0166 e. The van der Waals surface area contributed by atoms with Crippen LogP contribution in [0.5, 0.6) is 0 Å². The van der Waals surface area contributed by atoms with E-state index in [9.17, 15) is 0 Å². The van der Waals surface area contributed by atoms with Crippen LogP contribution in [-0.2, 0) is 0 Å². The van der Waals surface area contributed by atoms with Crippen LogP contribution in [0.2, 0.25) is 0 Å². The summed E-state index contributed by atoms with van der Waals surface area (Å²) < 4.78 is 0. The Kier molecular flexibility index (Phi) is 4.87. The molecule has 0 aromatic carbocycles. The molecule has 0 spiro atoms. The van der Waals surface area contributed by atoms with Gasteiger partial charge in [0.1, 0.15) is 0 Å². The third kappa shape index (κ3) is 4.26. The molecular weight excluding hydrogens is 208 g/mol. The Morgan fingerprint density at radius 2 is 1.71 bits per heavy atom. The smallest absolute Gasteiger partial charge is 0.0166 e. The Hall–Kier alpha value is -0.0800. The Morgan fingerprint density at radius 1 is 1.06 bits per heavy atom. The fraction of sp³-hybridized carbons (Fsp3) is 1.00. The van der Waals surface area contributed by atoms with Crippen molar-refractivity contribution in [3.05, 3.63) is 0 Å². The van der Waals surface area contributed by atoms with E-state index in [-0.39, 0.29) is 5.54 Å². The lowest BCUT2D eigenvalue weighted by Crippen LogP contribution is -2.44. The molecule has 0 aromatic heterocycles. The number of hydrogen-bond acceptors (Lipinski definition) is 2. The molecule has 2 fully saturated rings. The summed E-state index contributed by atoms with van der Waals surface area (Å²) in [6.45, 7) is 2.50. The standard InChI is InChI=1S/C15H30N2/c1-17(13-14-7-3-4-8-14)12-11-15(16)9-5-2-6-10-15/h14H,2-13,16H2,1H3. The van der Waals surface area contributed by atoms with Crippen LogP contribution in [0.3, 0.4) is 0 Å². The van der Waals surface area contributed by atoms with Crippen LogP contribution in [0.25, 0.3) is 0 Å². The monoisotopic (exact) mass is 238 g/mol. The molecule has 2 rings (SSSR count). The van der Waals surface area contributed by atoms with Gasteiger partial charge in [-0.1, -0.05) is 32.1 Å². The molecule has 0 aromatic rings. The van der Waals surface area contributed by atoms with Crippen molar-refractivity contribution in [3.8, 4) is 0 Å². The zero-order valence-corrected chi connectivity index (χ0v) is 11.6. The SMILES string of the molecule is CN(CCC1(N)CCCCC1)CC1CCCC1. The van der Waals surface area contributed by atoms with Crippen molar-refractivity contribution in [1.29, 1.82) is 0 Å². The van der Waals surface area contributed by atoms with Gasteiger partial charge in [0.05, 0.1) is 0 Å². The van der Waals surface area contributed by atoms with E-state index in [1.807, 2.05) is 0 Å². The van der Waals surface area contributed by atoms with E-state index in [4.69, 9.17) is 5.73 Å². The van der Waals surface area contributed by atoms with E-state index < -0.39 is 0 Å². The van der Waals surface area contributed by atoms with Crippen molar-refractivity contribution in [2.75, 3.05) is 20.1 Å². The Labute approximate surface area is 107 Å². The van der Waals surface area contributed by atoms with Crippen LogP contribution in [0.4, 0.5) is 0 Å². The predicted molar refractivity (Wildman–Crippen MR) is 74.1 cm³/mol. The van der Waals surface area contributed by atoms with E-state index in [0.717, 1.165) is 5.92 Å². The number of nitrogens with two attached hydrogens (primary N) is 1. The first-order chi connectivity index (χ1) is 8.18. The fourth-order valence-electron chi connectivity index (χ4n) is 3.64. The van der Waals surface area contributed by atoms with Gasteiger partial charge in [0.2, 0.25) is 0 Å². The first kappa shape index (κ1) is 13.4. The third-order valence-corrected chi connectivity index (χ3v) is 4.89. The molecule has 2 N–H and O–H groups in total. The highest BCUT2D eigenvalue weighted by Crippen LogP contribution is 2.29. The van der Waals surface area contributed by atoms with E-state index in [2.05, 4.69) is 11.9 Å². The average molecular weight is 238 g/mol. The van der Waals surface area contributed by atoms with Gasteiger partial charge in [-0.25, -0.2) is 0 Å². The largest absolute Gasteiger partial charge is 0.325 e. The van der Waals surface area contributed by atoms with E-state index in [0.29, 0.717) is 0 Å². The normalized spacial score (nSPS) is 25.6. The Balaban J connectivity index is 1.65. The van der Waals surface area contributed by atoms with Crippen LogP contribution >= 0.6 is 0 Å². The second-order valence-corrected chi connectivity index (χ2v) is 6.59. The fourth-order valence-corrected chi connectivity index (χ4v) is 3.64. The second kappa shape index (κ2) is 6.19. The molecule has 17 heavy (non-hydrogen) atoms. The van der Waals surface area contributed by atoms with Crippen LogP contribution in [0.15, 0.2) is 0 Å². The lowest BCUT2D eigenvalue weighted by molar-refractivity contribution is 0.213. The summed E-state index contributed by atoms with van der Waals surface area (Å²) >= 11 is 0. The van der Waals surface area contributed by atoms with Crippen molar-refractivity contribution in [2.24, 2.45) is 11.7 Å². The average Bonchev–Trinajstić information content (AvgIpc) is 2.80. The minimum Gasteiger partial charge on any atom is -0.325 e. The summed E-state index contributed by atoms with van der Waals surface area (Å²) in [6.07, 6.45) is 13.6. The molecule has 0 atom stereocenters. The van der Waals surface area contributed by atoms with E-state index >= 15 is 0 Å². The van der Waals surface area contributed by atoms with Gasteiger partial charge in [-0.05, 0) is 51.6 Å². The highest BCUT2D eigenvalue weighted by atomic mass is 15.1. The molecule has 0 saturated heterocycles. The summed E-state index contributed by atoms with van der Waals surface area (Å²) in [6, 6.07) is 0. The van der Waals surface area contributed by atoms with Gasteiger partial charge in [0.25, 0.3) is 0 Å². The maximum atomic E-state index is 6.49. The Morgan fingerprint density at radius 3 is 2.35 bits per heavy atom. The zero-order chi connectivity index (χ0) is 12.1. The van der Waals surface area contributed by atoms with E-state index in [1.165, 1.54) is 77.3 Å². The van der Waals surface area contributed by atoms with Crippen LogP contribution < -0.4 is 5.73 Å². The van der Waals surface area contributed by atoms with Crippen molar-refractivity contribution in [1.82, 2.24) is 4.90 Å². The molecule has 0 aliphatic heterocycles. The summed E-state index contributed by atoms with van der Waals surface area (Å²) in [5.41, 5.74) is 6.66. The van der Waals surface area contributed by atoms with Crippen molar-refractivity contribution in [2.45, 2.75) is 69.7 Å². The maximum absolute atomic E-state index is 6.49. The lowest BCUT2D eigenvalue weighted by Gasteiger charge is -2.35. The van der Waals surface area contributed by atoms with Crippen molar-refractivity contribution >= 4 is 0 Å². The summed E-state index contributed by atoms with van der Waals surface area (Å²) in [5, 5.41) is 0. The predicted octanol–water partition coefficient (Wildman–Crippen LogP) is 3.16. The van der Waals surface area contributed by atoms with Gasteiger partial charge in [-0.15, -0.1) is 0 Å². The second-order valence-electron chi connectivity index (χ2n) is 6.59. The van der Waals surface area contributed by atoms with Gasteiger partial charge >= 0.3 is 0 Å². The van der Waals surface area contributed by atoms with Gasteiger partial charge in [0, 0.05) is 12.1 Å². The summed E-state index contributed by atoms with van der Waals surface area (Å²) in [4.78, 5) is 2.53. The molecule has 2 aliphatic carbocycles. The van der Waals surface area contributed by atoms with Crippen LogP contribution in [0.1, 0.15) is 64.2 Å². The highest BCUT2D eigenvalue weighted by Gasteiger charge is 2.27. The van der Waals surface area contributed by atoms with Gasteiger partial charge < -0.3 is 10.6 Å². The summed E-state index contributed by atoms with van der Waals surface area (Å²) in [5.74, 6) is 0.972. The third-order valence-electron chi connectivity index (χ3n) is 4.89. The van der Waals surface area contributed by atoms with Gasteiger partial charge in [-0.3, -0.25) is 0 Å². The molecule has 0 radical (unpaired) electrons. The van der Waals surface area contributed by atoms with Crippen molar-refractivity contribution in [3.63, 3.8) is 0 Å². The molecule has 0 bridgehead atoms. The topological polar surface area (TPSA) is 29.3 Å². The van der Waals surface area contributed by atoms with Crippen molar-refractivity contribution < 1.29 is 0 Å². The van der Waals surface area contributed by atoms with Gasteiger partial charge in [0.15, 0.2) is 0 Å². The minimum absolute atomic E-state index is 0.169. The molecule has 2 heteroatoms. The Bertz CT molecular complexity index is 215. The molecule has 0 unspecified atom stereocenters. The first-order valence-corrected chi connectivity index (χ1v) is 7.65. The molecule has 0 heterocycles. The number of rotatable bonds is 5. The van der Waals surface area contributed by atoms with E-state index in [1.54, 1.807) is 0 Å². The van der Waals surface area contributed by atoms with Crippen LogP contribution in [0, 0.1) is 5.92 Å². The molecule has 100 valence electrons. The summed E-state index contributed by atoms with van der Waals surface area (Å²) in [7, 11) is 2.28. The molecule has 2 nitrogen and oxygen atoms in total. The number of hydrogen-bond donors (Lipinski definition) is 1. The van der Waals surface area contributed by atoms with Crippen LogP contribution in [-0.4, -0.2) is 30.6 Å². The van der Waals surface area contributed by atoms with Gasteiger partial charge in [-0.2, -0.15) is 0 Å². The minimum atomic E-state index is 0.169. The number of nitrogens with zero attached hydrogens (tertiary/aromatic N) is 1. The zero-order valence-electron chi connectivity index (χ0n) is 11.6. The molecule has 0 amide bonds. The quantitative estimate of drug-likeness (QED) is 0.797. The first-order valence-electron chi connectivity index (χ1n) is 7.65.